The Morgan fingerprint density at radius 2 is 2.05 bits per heavy atom. The first-order chi connectivity index (χ1) is 9.02. The second-order valence-electron chi connectivity index (χ2n) is 4.08. The summed E-state index contributed by atoms with van der Waals surface area (Å²) in [7, 11) is 1.32. The molecule has 1 rings (SSSR count). The van der Waals surface area contributed by atoms with E-state index in [0.29, 0.717) is 10.7 Å². The average Bonchev–Trinajstić information content (AvgIpc) is 2.37. The van der Waals surface area contributed by atoms with E-state index >= 15 is 0 Å². The van der Waals surface area contributed by atoms with E-state index in [1.54, 1.807) is 19.1 Å². The quantitative estimate of drug-likeness (QED) is 0.782. The summed E-state index contributed by atoms with van der Waals surface area (Å²) in [4.78, 5) is 22.7. The van der Waals surface area contributed by atoms with Gasteiger partial charge in [-0.2, -0.15) is 0 Å². The van der Waals surface area contributed by atoms with Gasteiger partial charge in [0.15, 0.2) is 0 Å². The number of esters is 1. The molecule has 0 aliphatic rings. The van der Waals surface area contributed by atoms with Crippen LogP contribution in [0.3, 0.4) is 0 Å². The van der Waals surface area contributed by atoms with Crippen molar-refractivity contribution in [1.82, 2.24) is 5.32 Å². The molecule has 0 saturated heterocycles. The molecule has 1 aromatic rings. The Balaban J connectivity index is 2.36. The monoisotopic (exact) mass is 284 g/mol. The van der Waals surface area contributed by atoms with Gasteiger partial charge in [-0.15, -0.1) is 0 Å². The van der Waals surface area contributed by atoms with Gasteiger partial charge in [-0.25, -0.2) is 0 Å². The van der Waals surface area contributed by atoms with Crippen LogP contribution in [0.5, 0.6) is 0 Å². The lowest BCUT2D eigenvalue weighted by Gasteiger charge is -2.13. The number of rotatable bonds is 6. The van der Waals surface area contributed by atoms with Crippen LogP contribution in [0.1, 0.15) is 13.3 Å². The van der Waals surface area contributed by atoms with E-state index in [-0.39, 0.29) is 30.9 Å². The highest BCUT2D eigenvalue weighted by Gasteiger charge is 2.12. The Kier molecular flexibility index (Phi) is 6.15. The van der Waals surface area contributed by atoms with Gasteiger partial charge in [-0.3, -0.25) is 9.59 Å². The van der Waals surface area contributed by atoms with Crippen LogP contribution in [-0.2, 0) is 14.3 Å². The molecule has 0 bridgehead atoms. The summed E-state index contributed by atoms with van der Waals surface area (Å²) >= 11 is 5.95. The molecule has 19 heavy (non-hydrogen) atoms. The molecule has 1 amide bonds. The van der Waals surface area contributed by atoms with Crippen LogP contribution in [-0.4, -0.2) is 31.6 Å². The molecule has 2 N–H and O–H groups in total. The third-order valence-electron chi connectivity index (χ3n) is 2.42. The normalized spacial score (nSPS) is 11.5. The molecule has 1 atom stereocenters. The average molecular weight is 285 g/mol. The number of methoxy groups -OCH3 is 1. The number of hydrogen-bond acceptors (Lipinski definition) is 4. The fourth-order valence-corrected chi connectivity index (χ4v) is 1.69. The van der Waals surface area contributed by atoms with E-state index in [2.05, 4.69) is 15.4 Å². The van der Waals surface area contributed by atoms with E-state index in [1.165, 1.54) is 7.11 Å². The number of nitrogens with one attached hydrogen (secondary N) is 2. The summed E-state index contributed by atoms with van der Waals surface area (Å²) in [6.07, 6.45) is 0.147. The fourth-order valence-electron chi connectivity index (χ4n) is 1.49. The molecular weight excluding hydrogens is 268 g/mol. The lowest BCUT2D eigenvalue weighted by molar-refractivity contribution is -0.141. The number of para-hydroxylation sites is 1. The maximum absolute atomic E-state index is 11.6. The molecule has 5 nitrogen and oxygen atoms in total. The highest BCUT2D eigenvalue weighted by Crippen LogP contribution is 2.19. The van der Waals surface area contributed by atoms with E-state index in [0.717, 1.165) is 0 Å². The largest absolute Gasteiger partial charge is 0.469 e. The zero-order valence-corrected chi connectivity index (χ0v) is 11.7. The molecule has 0 aliphatic carbocycles. The second kappa shape index (κ2) is 7.63. The topological polar surface area (TPSA) is 67.4 Å². The van der Waals surface area contributed by atoms with E-state index in [4.69, 9.17) is 11.6 Å². The van der Waals surface area contributed by atoms with Gasteiger partial charge in [-0.05, 0) is 19.1 Å². The summed E-state index contributed by atoms with van der Waals surface area (Å²) in [5.74, 6) is -0.566. The van der Waals surface area contributed by atoms with Crippen LogP contribution in [0.25, 0.3) is 0 Å². The van der Waals surface area contributed by atoms with Crippen LogP contribution >= 0.6 is 11.6 Å². The van der Waals surface area contributed by atoms with Crippen LogP contribution in [0, 0.1) is 0 Å². The summed E-state index contributed by atoms with van der Waals surface area (Å²) in [5.41, 5.74) is 0.694. The molecule has 1 aromatic carbocycles. The zero-order valence-electron chi connectivity index (χ0n) is 10.9. The standard InChI is InChI=1S/C13H17ClN2O3/c1-9(7-13(18)19-2)16-12(17)8-15-11-6-4-3-5-10(11)14/h3-6,9,15H,7-8H2,1-2H3,(H,16,17)/t9-/m1/s1. The molecule has 104 valence electrons. The minimum atomic E-state index is -0.355. The lowest BCUT2D eigenvalue weighted by atomic mass is 10.2. The van der Waals surface area contributed by atoms with Crippen molar-refractivity contribution in [2.75, 3.05) is 19.0 Å². The molecule has 6 heteroatoms. The van der Waals surface area contributed by atoms with Crippen molar-refractivity contribution < 1.29 is 14.3 Å². The maximum atomic E-state index is 11.6. The molecule has 0 unspecified atom stereocenters. The zero-order chi connectivity index (χ0) is 14.3. The summed E-state index contributed by atoms with van der Waals surface area (Å²) in [6.45, 7) is 1.83. The van der Waals surface area contributed by atoms with Gasteiger partial charge in [-0.1, -0.05) is 23.7 Å². The Morgan fingerprint density at radius 1 is 1.37 bits per heavy atom. The number of anilines is 1. The van der Waals surface area contributed by atoms with Gasteiger partial charge < -0.3 is 15.4 Å². The number of amides is 1. The van der Waals surface area contributed by atoms with Crippen LogP contribution < -0.4 is 10.6 Å². The van der Waals surface area contributed by atoms with Gasteiger partial charge >= 0.3 is 5.97 Å². The van der Waals surface area contributed by atoms with Crippen molar-refractivity contribution in [3.63, 3.8) is 0 Å². The Bertz CT molecular complexity index is 451. The van der Waals surface area contributed by atoms with Crippen molar-refractivity contribution in [2.24, 2.45) is 0 Å². The number of carbonyl (C=O) groups excluding carboxylic acids is 2. The lowest BCUT2D eigenvalue weighted by Crippen LogP contribution is -2.38. The highest BCUT2D eigenvalue weighted by atomic mass is 35.5. The molecule has 0 radical (unpaired) electrons. The number of ether oxygens (including phenoxy) is 1. The van der Waals surface area contributed by atoms with Crippen molar-refractivity contribution in [3.05, 3.63) is 29.3 Å². The molecule has 0 aromatic heterocycles. The van der Waals surface area contributed by atoms with Gasteiger partial charge in [0.05, 0.1) is 30.8 Å². The molecule has 0 saturated carbocycles. The number of hydrogen-bond donors (Lipinski definition) is 2. The van der Waals surface area contributed by atoms with E-state index in [9.17, 15) is 9.59 Å². The third kappa shape index (κ3) is 5.61. The predicted molar refractivity (Wildman–Crippen MR) is 74.2 cm³/mol. The number of benzene rings is 1. The van der Waals surface area contributed by atoms with Crippen LogP contribution in [0.4, 0.5) is 5.69 Å². The Labute approximate surface area is 117 Å². The molecule has 0 fully saturated rings. The second-order valence-corrected chi connectivity index (χ2v) is 4.49. The van der Waals surface area contributed by atoms with Gasteiger partial charge in [0, 0.05) is 6.04 Å². The van der Waals surface area contributed by atoms with Crippen LogP contribution in [0.2, 0.25) is 5.02 Å². The van der Waals surface area contributed by atoms with Gasteiger partial charge in [0.1, 0.15) is 0 Å². The van der Waals surface area contributed by atoms with Gasteiger partial charge in [0.25, 0.3) is 0 Å². The predicted octanol–water partition coefficient (Wildman–Crippen LogP) is 1.82. The first-order valence-corrected chi connectivity index (χ1v) is 6.25. The minimum Gasteiger partial charge on any atom is -0.469 e. The SMILES string of the molecule is COC(=O)C[C@@H](C)NC(=O)CNc1ccccc1Cl. The first-order valence-electron chi connectivity index (χ1n) is 5.87. The third-order valence-corrected chi connectivity index (χ3v) is 2.75. The summed E-state index contributed by atoms with van der Waals surface area (Å²) in [6, 6.07) is 6.89. The number of halogens is 1. The van der Waals surface area contributed by atoms with E-state index < -0.39 is 0 Å². The van der Waals surface area contributed by atoms with E-state index in [1.807, 2.05) is 12.1 Å². The molecule has 0 aliphatic heterocycles. The number of carbonyl (C=O) groups is 2. The summed E-state index contributed by atoms with van der Waals surface area (Å²) < 4.78 is 4.52. The Hall–Kier alpha value is -1.75. The van der Waals surface area contributed by atoms with Crippen LogP contribution in [0.15, 0.2) is 24.3 Å². The van der Waals surface area contributed by atoms with Gasteiger partial charge in [0.2, 0.25) is 5.91 Å². The molecular formula is C13H17ClN2O3. The fraction of sp³-hybridized carbons (Fsp3) is 0.385. The van der Waals surface area contributed by atoms with Crippen molar-refractivity contribution >= 4 is 29.2 Å². The maximum Gasteiger partial charge on any atom is 0.307 e. The smallest absolute Gasteiger partial charge is 0.307 e. The summed E-state index contributed by atoms with van der Waals surface area (Å²) in [5, 5.41) is 6.17. The highest BCUT2D eigenvalue weighted by molar-refractivity contribution is 6.33. The molecule has 0 heterocycles. The Morgan fingerprint density at radius 3 is 2.68 bits per heavy atom. The molecule has 0 spiro atoms. The van der Waals surface area contributed by atoms with Crippen molar-refractivity contribution in [2.45, 2.75) is 19.4 Å². The first kappa shape index (κ1) is 15.3. The van der Waals surface area contributed by atoms with Crippen molar-refractivity contribution in [3.8, 4) is 0 Å². The van der Waals surface area contributed by atoms with Crippen molar-refractivity contribution in [1.29, 1.82) is 0 Å². The minimum absolute atomic E-state index is 0.0925.